The fraction of sp³-hybridized carbons (Fsp3) is 0.462. The molecule has 3 N–H and O–H groups in total. The van der Waals surface area contributed by atoms with Crippen molar-refractivity contribution in [2.75, 3.05) is 12.3 Å². The summed E-state index contributed by atoms with van der Waals surface area (Å²) in [5, 5.41) is 2.90. The van der Waals surface area contributed by atoms with Crippen molar-refractivity contribution in [1.82, 2.24) is 5.32 Å². The van der Waals surface area contributed by atoms with E-state index in [-0.39, 0.29) is 11.3 Å². The maximum Gasteiger partial charge on any atom is 0.226 e. The van der Waals surface area contributed by atoms with Gasteiger partial charge in [-0.2, -0.15) is 0 Å². The number of hydrogen-bond donors (Lipinski definition) is 2. The molecule has 1 heterocycles. The molecule has 0 aromatic heterocycles. The summed E-state index contributed by atoms with van der Waals surface area (Å²) in [6.45, 7) is 2.86. The standard InChI is InChI=1S/C13H18N2O/c1-13(8-9-15-12(13)16)7-6-10-2-4-11(14)5-3-10/h2-5H,6-9,14H2,1H3,(H,15,16). The van der Waals surface area contributed by atoms with Crippen molar-refractivity contribution in [2.45, 2.75) is 26.2 Å². The number of hydrogen-bond acceptors (Lipinski definition) is 2. The minimum atomic E-state index is -0.179. The van der Waals surface area contributed by atoms with Crippen LogP contribution in [0, 0.1) is 5.41 Å². The molecular formula is C13H18N2O. The number of carbonyl (C=O) groups is 1. The Morgan fingerprint density at radius 1 is 1.38 bits per heavy atom. The Bertz CT molecular complexity index is 385. The van der Waals surface area contributed by atoms with Crippen LogP contribution in [0.25, 0.3) is 0 Å². The van der Waals surface area contributed by atoms with Crippen LogP contribution in [0.4, 0.5) is 5.69 Å². The lowest BCUT2D eigenvalue weighted by Gasteiger charge is -2.19. The molecule has 3 heteroatoms. The third-order valence-electron chi connectivity index (χ3n) is 3.46. The fourth-order valence-electron chi connectivity index (χ4n) is 2.12. The van der Waals surface area contributed by atoms with Crippen LogP contribution >= 0.6 is 0 Å². The molecule has 1 aromatic rings. The highest BCUT2D eigenvalue weighted by molar-refractivity contribution is 5.84. The highest BCUT2D eigenvalue weighted by atomic mass is 16.2. The molecule has 2 rings (SSSR count). The number of anilines is 1. The normalized spacial score (nSPS) is 24.4. The van der Waals surface area contributed by atoms with Crippen molar-refractivity contribution in [3.05, 3.63) is 29.8 Å². The quantitative estimate of drug-likeness (QED) is 0.759. The lowest BCUT2D eigenvalue weighted by atomic mass is 9.83. The van der Waals surface area contributed by atoms with Gasteiger partial charge in [0.1, 0.15) is 0 Å². The largest absolute Gasteiger partial charge is 0.399 e. The fourth-order valence-corrected chi connectivity index (χ4v) is 2.12. The Labute approximate surface area is 96.0 Å². The SMILES string of the molecule is CC1(CCc2ccc(N)cc2)CCNC1=O. The number of rotatable bonds is 3. The van der Waals surface area contributed by atoms with E-state index in [1.807, 2.05) is 31.2 Å². The van der Waals surface area contributed by atoms with Gasteiger partial charge >= 0.3 is 0 Å². The van der Waals surface area contributed by atoms with Crippen LogP contribution in [0.3, 0.4) is 0 Å². The smallest absolute Gasteiger partial charge is 0.226 e. The van der Waals surface area contributed by atoms with E-state index >= 15 is 0 Å². The van der Waals surface area contributed by atoms with Gasteiger partial charge in [0.15, 0.2) is 0 Å². The van der Waals surface area contributed by atoms with Gasteiger partial charge < -0.3 is 11.1 Å². The van der Waals surface area contributed by atoms with E-state index in [0.717, 1.165) is 31.5 Å². The van der Waals surface area contributed by atoms with Crippen LogP contribution in [-0.4, -0.2) is 12.5 Å². The maximum atomic E-state index is 11.6. The van der Waals surface area contributed by atoms with Gasteiger partial charge in [-0.05, 0) is 37.0 Å². The van der Waals surface area contributed by atoms with Crippen LogP contribution in [0.5, 0.6) is 0 Å². The molecule has 0 aliphatic carbocycles. The van der Waals surface area contributed by atoms with E-state index < -0.39 is 0 Å². The van der Waals surface area contributed by atoms with E-state index in [1.54, 1.807) is 0 Å². The zero-order valence-corrected chi connectivity index (χ0v) is 9.62. The summed E-state index contributed by atoms with van der Waals surface area (Å²) < 4.78 is 0. The molecule has 1 amide bonds. The summed E-state index contributed by atoms with van der Waals surface area (Å²) in [5.41, 5.74) is 7.48. The number of aryl methyl sites for hydroxylation is 1. The summed E-state index contributed by atoms with van der Waals surface area (Å²) in [5.74, 6) is 0.197. The third kappa shape index (κ3) is 2.18. The number of nitrogen functional groups attached to an aromatic ring is 1. The van der Waals surface area contributed by atoms with E-state index in [4.69, 9.17) is 5.73 Å². The summed E-state index contributed by atoms with van der Waals surface area (Å²) in [6, 6.07) is 7.88. The van der Waals surface area contributed by atoms with Crippen molar-refractivity contribution in [1.29, 1.82) is 0 Å². The van der Waals surface area contributed by atoms with Crippen LogP contribution < -0.4 is 11.1 Å². The van der Waals surface area contributed by atoms with E-state index in [9.17, 15) is 4.79 Å². The van der Waals surface area contributed by atoms with Gasteiger partial charge in [0, 0.05) is 17.6 Å². The van der Waals surface area contributed by atoms with Gasteiger partial charge in [-0.25, -0.2) is 0 Å². The summed E-state index contributed by atoms with van der Waals surface area (Å²) in [6.07, 6.45) is 2.79. The van der Waals surface area contributed by atoms with E-state index in [1.165, 1.54) is 5.56 Å². The second-order valence-corrected chi connectivity index (χ2v) is 4.81. The molecule has 1 saturated heterocycles. The van der Waals surface area contributed by atoms with Crippen LogP contribution in [0.15, 0.2) is 24.3 Å². The van der Waals surface area contributed by atoms with Crippen LogP contribution in [0.2, 0.25) is 0 Å². The molecule has 1 unspecified atom stereocenters. The molecule has 1 aromatic carbocycles. The van der Waals surface area contributed by atoms with E-state index in [0.29, 0.717) is 0 Å². The Balaban J connectivity index is 1.97. The van der Waals surface area contributed by atoms with Crippen molar-refractivity contribution in [3.8, 4) is 0 Å². The van der Waals surface area contributed by atoms with Gasteiger partial charge in [-0.3, -0.25) is 4.79 Å². The molecule has 3 nitrogen and oxygen atoms in total. The topological polar surface area (TPSA) is 55.1 Å². The monoisotopic (exact) mass is 218 g/mol. The van der Waals surface area contributed by atoms with E-state index in [2.05, 4.69) is 5.32 Å². The maximum absolute atomic E-state index is 11.6. The van der Waals surface area contributed by atoms with Crippen molar-refractivity contribution in [3.63, 3.8) is 0 Å². The summed E-state index contributed by atoms with van der Waals surface area (Å²) in [7, 11) is 0. The molecule has 1 fully saturated rings. The second kappa shape index (κ2) is 4.16. The van der Waals surface area contributed by atoms with Crippen LogP contribution in [-0.2, 0) is 11.2 Å². The molecule has 0 bridgehead atoms. The summed E-state index contributed by atoms with van der Waals surface area (Å²) >= 11 is 0. The predicted octanol–water partition coefficient (Wildman–Crippen LogP) is 1.73. The zero-order chi connectivity index (χ0) is 11.6. The Morgan fingerprint density at radius 2 is 2.06 bits per heavy atom. The first kappa shape index (κ1) is 11.0. The minimum Gasteiger partial charge on any atom is -0.399 e. The van der Waals surface area contributed by atoms with Crippen LogP contribution in [0.1, 0.15) is 25.3 Å². The molecule has 1 aliphatic rings. The average molecular weight is 218 g/mol. The molecule has 0 saturated carbocycles. The average Bonchev–Trinajstić information content (AvgIpc) is 2.59. The Hall–Kier alpha value is -1.51. The number of amides is 1. The first-order chi connectivity index (χ1) is 7.60. The van der Waals surface area contributed by atoms with Gasteiger partial charge in [0.2, 0.25) is 5.91 Å². The Kier molecular flexibility index (Phi) is 2.86. The first-order valence-corrected chi connectivity index (χ1v) is 5.73. The third-order valence-corrected chi connectivity index (χ3v) is 3.46. The molecule has 0 spiro atoms. The molecule has 1 atom stereocenters. The van der Waals surface area contributed by atoms with Crippen molar-refractivity contribution in [2.24, 2.45) is 5.41 Å². The van der Waals surface area contributed by atoms with Gasteiger partial charge in [0.25, 0.3) is 0 Å². The number of nitrogens with two attached hydrogens (primary N) is 1. The highest BCUT2D eigenvalue weighted by Crippen LogP contribution is 2.31. The molecule has 16 heavy (non-hydrogen) atoms. The lowest BCUT2D eigenvalue weighted by Crippen LogP contribution is -2.28. The van der Waals surface area contributed by atoms with Crippen molar-refractivity contribution >= 4 is 11.6 Å². The minimum absolute atomic E-state index is 0.179. The molecule has 1 aliphatic heterocycles. The Morgan fingerprint density at radius 3 is 2.62 bits per heavy atom. The lowest BCUT2D eigenvalue weighted by molar-refractivity contribution is -0.127. The number of benzene rings is 1. The number of carbonyl (C=O) groups excluding carboxylic acids is 1. The summed E-state index contributed by atoms with van der Waals surface area (Å²) in [4.78, 5) is 11.6. The van der Waals surface area contributed by atoms with Crippen molar-refractivity contribution < 1.29 is 4.79 Å². The highest BCUT2D eigenvalue weighted by Gasteiger charge is 2.36. The molecular weight excluding hydrogens is 200 g/mol. The number of nitrogens with one attached hydrogen (secondary N) is 1. The molecule has 0 radical (unpaired) electrons. The van der Waals surface area contributed by atoms with Gasteiger partial charge in [0.05, 0.1) is 0 Å². The van der Waals surface area contributed by atoms with Gasteiger partial charge in [-0.1, -0.05) is 19.1 Å². The predicted molar refractivity (Wildman–Crippen MR) is 64.9 cm³/mol. The first-order valence-electron chi connectivity index (χ1n) is 5.73. The second-order valence-electron chi connectivity index (χ2n) is 4.81. The molecule has 86 valence electrons. The van der Waals surface area contributed by atoms with Gasteiger partial charge in [-0.15, -0.1) is 0 Å². The zero-order valence-electron chi connectivity index (χ0n) is 9.62.